The highest BCUT2D eigenvalue weighted by Crippen LogP contribution is 2.34. The predicted octanol–water partition coefficient (Wildman–Crippen LogP) is 3.94. The fraction of sp³-hybridized carbons (Fsp3) is 0.211. The molecule has 0 spiro atoms. The summed E-state index contributed by atoms with van der Waals surface area (Å²) in [5, 5.41) is 2.93. The van der Waals surface area contributed by atoms with Crippen LogP contribution in [0.25, 0.3) is 11.4 Å². The van der Waals surface area contributed by atoms with Gasteiger partial charge in [0.2, 0.25) is 0 Å². The van der Waals surface area contributed by atoms with Crippen molar-refractivity contribution in [3.8, 4) is 22.9 Å². The number of alkyl halides is 3. The molecule has 1 aliphatic rings. The van der Waals surface area contributed by atoms with Gasteiger partial charge in [-0.1, -0.05) is 12.1 Å². The molecule has 3 heterocycles. The minimum Gasteiger partial charge on any atom is -0.486 e. The van der Waals surface area contributed by atoms with Gasteiger partial charge in [0.15, 0.2) is 23.0 Å². The Morgan fingerprint density at radius 3 is 2.57 bits per heavy atom. The van der Waals surface area contributed by atoms with E-state index in [0.29, 0.717) is 30.3 Å². The number of fused-ring (bicyclic) bond motifs is 1. The lowest BCUT2D eigenvalue weighted by molar-refractivity contribution is -0.141. The number of pyridine rings is 1. The summed E-state index contributed by atoms with van der Waals surface area (Å²) in [5.74, 6) is 1.22. The zero-order chi connectivity index (χ0) is 19.6. The number of hydrogen-bond acceptors (Lipinski definition) is 6. The predicted molar refractivity (Wildman–Crippen MR) is 95.0 cm³/mol. The molecule has 0 bridgehead atoms. The van der Waals surface area contributed by atoms with Crippen molar-refractivity contribution >= 4 is 5.82 Å². The van der Waals surface area contributed by atoms with Gasteiger partial charge in [-0.2, -0.15) is 13.2 Å². The Hall–Kier alpha value is -3.36. The molecule has 2 aromatic heterocycles. The lowest BCUT2D eigenvalue weighted by atomic mass is 10.1. The molecule has 3 aromatic rings. The number of anilines is 1. The van der Waals surface area contributed by atoms with Crippen LogP contribution in [-0.4, -0.2) is 28.2 Å². The van der Waals surface area contributed by atoms with Gasteiger partial charge in [0.05, 0.1) is 0 Å². The summed E-state index contributed by atoms with van der Waals surface area (Å²) in [4.78, 5) is 11.7. The zero-order valence-corrected chi connectivity index (χ0v) is 14.5. The van der Waals surface area contributed by atoms with Gasteiger partial charge in [0, 0.05) is 36.1 Å². The van der Waals surface area contributed by atoms with Crippen molar-refractivity contribution in [2.75, 3.05) is 18.5 Å². The van der Waals surface area contributed by atoms with E-state index in [9.17, 15) is 13.2 Å². The molecule has 1 aromatic carbocycles. The molecule has 6 nitrogen and oxygen atoms in total. The number of para-hydroxylation sites is 1. The highest BCUT2D eigenvalue weighted by atomic mass is 19.4. The summed E-state index contributed by atoms with van der Waals surface area (Å²) >= 11 is 0. The average molecular weight is 388 g/mol. The summed E-state index contributed by atoms with van der Waals surface area (Å²) in [6.45, 7) is 1.10. The number of nitrogens with one attached hydrogen (secondary N) is 1. The van der Waals surface area contributed by atoms with Crippen LogP contribution in [0.5, 0.6) is 11.5 Å². The van der Waals surface area contributed by atoms with Gasteiger partial charge in [-0.15, -0.1) is 0 Å². The molecule has 0 unspecified atom stereocenters. The Labute approximate surface area is 158 Å². The van der Waals surface area contributed by atoms with Crippen LogP contribution in [0.3, 0.4) is 0 Å². The Kier molecular flexibility index (Phi) is 4.72. The first kappa shape index (κ1) is 18.0. The van der Waals surface area contributed by atoms with Crippen molar-refractivity contribution in [2.24, 2.45) is 0 Å². The highest BCUT2D eigenvalue weighted by molar-refractivity contribution is 5.57. The topological polar surface area (TPSA) is 69.2 Å². The third kappa shape index (κ3) is 3.83. The first-order chi connectivity index (χ1) is 13.5. The number of halogens is 3. The molecule has 0 aliphatic carbocycles. The van der Waals surface area contributed by atoms with Crippen molar-refractivity contribution in [3.63, 3.8) is 0 Å². The largest absolute Gasteiger partial charge is 0.486 e. The lowest BCUT2D eigenvalue weighted by Crippen LogP contribution is -2.17. The van der Waals surface area contributed by atoms with Crippen molar-refractivity contribution in [2.45, 2.75) is 12.7 Å². The van der Waals surface area contributed by atoms with Crippen LogP contribution in [0.4, 0.5) is 19.0 Å². The van der Waals surface area contributed by atoms with E-state index in [4.69, 9.17) is 9.47 Å². The Morgan fingerprint density at radius 1 is 1.00 bits per heavy atom. The van der Waals surface area contributed by atoms with Gasteiger partial charge in [-0.25, -0.2) is 9.97 Å². The van der Waals surface area contributed by atoms with Crippen molar-refractivity contribution in [1.29, 1.82) is 0 Å². The lowest BCUT2D eigenvalue weighted by Gasteiger charge is -2.21. The normalized spacial score (nSPS) is 13.2. The molecule has 28 heavy (non-hydrogen) atoms. The minimum atomic E-state index is -4.59. The standard InChI is InChI=1S/C19H15F3N4O2/c20-19(21,22)15-10-16(26-18(25-15)12-4-6-23-7-5-12)24-11-13-2-1-3-14-17(13)28-9-8-27-14/h1-7,10H,8-9,11H2,(H,24,25,26). The number of ether oxygens (including phenoxy) is 2. The van der Waals surface area contributed by atoms with E-state index in [2.05, 4.69) is 20.3 Å². The van der Waals surface area contributed by atoms with Gasteiger partial charge in [0.25, 0.3) is 0 Å². The van der Waals surface area contributed by atoms with Gasteiger partial charge >= 0.3 is 6.18 Å². The molecule has 144 valence electrons. The fourth-order valence-corrected chi connectivity index (χ4v) is 2.77. The van der Waals surface area contributed by atoms with Crippen LogP contribution in [0.15, 0.2) is 48.8 Å². The van der Waals surface area contributed by atoms with E-state index in [1.54, 1.807) is 24.3 Å². The second-order valence-electron chi connectivity index (χ2n) is 5.99. The van der Waals surface area contributed by atoms with E-state index in [1.165, 1.54) is 12.4 Å². The molecular formula is C19H15F3N4O2. The summed E-state index contributed by atoms with van der Waals surface area (Å²) in [5.41, 5.74) is 0.180. The molecular weight excluding hydrogens is 373 g/mol. The molecule has 0 amide bonds. The Morgan fingerprint density at radius 2 is 1.79 bits per heavy atom. The van der Waals surface area contributed by atoms with Crippen LogP contribution in [0.2, 0.25) is 0 Å². The second kappa shape index (κ2) is 7.34. The smallest absolute Gasteiger partial charge is 0.433 e. The quantitative estimate of drug-likeness (QED) is 0.730. The van der Waals surface area contributed by atoms with Crippen molar-refractivity contribution in [3.05, 3.63) is 60.0 Å². The van der Waals surface area contributed by atoms with Gasteiger partial charge in [0.1, 0.15) is 19.0 Å². The first-order valence-corrected chi connectivity index (χ1v) is 8.49. The van der Waals surface area contributed by atoms with Crippen LogP contribution < -0.4 is 14.8 Å². The molecule has 1 N–H and O–H groups in total. The third-order valence-corrected chi connectivity index (χ3v) is 4.06. The number of nitrogens with zero attached hydrogens (tertiary/aromatic N) is 3. The number of hydrogen-bond donors (Lipinski definition) is 1. The van der Waals surface area contributed by atoms with Gasteiger partial charge in [-0.3, -0.25) is 4.98 Å². The second-order valence-corrected chi connectivity index (χ2v) is 5.99. The number of aromatic nitrogens is 3. The Bertz CT molecular complexity index is 981. The van der Waals surface area contributed by atoms with E-state index < -0.39 is 11.9 Å². The maximum Gasteiger partial charge on any atom is 0.433 e. The van der Waals surface area contributed by atoms with Crippen LogP contribution in [-0.2, 0) is 12.7 Å². The average Bonchev–Trinajstić information content (AvgIpc) is 2.72. The van der Waals surface area contributed by atoms with E-state index in [0.717, 1.165) is 11.6 Å². The first-order valence-electron chi connectivity index (χ1n) is 8.49. The monoisotopic (exact) mass is 388 g/mol. The molecule has 1 aliphatic heterocycles. The maximum absolute atomic E-state index is 13.3. The summed E-state index contributed by atoms with van der Waals surface area (Å²) < 4.78 is 51.0. The van der Waals surface area contributed by atoms with Crippen LogP contribution in [0, 0.1) is 0 Å². The van der Waals surface area contributed by atoms with E-state index in [-0.39, 0.29) is 18.2 Å². The van der Waals surface area contributed by atoms with E-state index >= 15 is 0 Å². The molecule has 9 heteroatoms. The molecule has 0 radical (unpaired) electrons. The minimum absolute atomic E-state index is 0.0330. The molecule has 0 atom stereocenters. The fourth-order valence-electron chi connectivity index (χ4n) is 2.77. The van der Waals surface area contributed by atoms with Crippen LogP contribution >= 0.6 is 0 Å². The molecule has 4 rings (SSSR count). The van der Waals surface area contributed by atoms with E-state index in [1.807, 2.05) is 6.07 Å². The third-order valence-electron chi connectivity index (χ3n) is 4.06. The maximum atomic E-state index is 13.3. The number of rotatable bonds is 4. The van der Waals surface area contributed by atoms with Crippen LogP contribution in [0.1, 0.15) is 11.3 Å². The SMILES string of the molecule is FC(F)(F)c1cc(NCc2cccc3c2OCCO3)nc(-c2ccncc2)n1. The molecule has 0 saturated heterocycles. The summed E-state index contributed by atoms with van der Waals surface area (Å²) in [6.07, 6.45) is -1.65. The Balaban J connectivity index is 1.64. The summed E-state index contributed by atoms with van der Waals surface area (Å²) in [7, 11) is 0. The highest BCUT2D eigenvalue weighted by Gasteiger charge is 2.34. The van der Waals surface area contributed by atoms with Crippen molar-refractivity contribution in [1.82, 2.24) is 15.0 Å². The summed E-state index contributed by atoms with van der Waals surface area (Å²) in [6, 6.07) is 9.39. The zero-order valence-electron chi connectivity index (χ0n) is 14.5. The van der Waals surface area contributed by atoms with Gasteiger partial charge in [-0.05, 0) is 18.2 Å². The van der Waals surface area contributed by atoms with Crippen molar-refractivity contribution < 1.29 is 22.6 Å². The number of benzene rings is 1. The van der Waals surface area contributed by atoms with Gasteiger partial charge < -0.3 is 14.8 Å². The molecule has 0 saturated carbocycles. The molecule has 0 fully saturated rings.